The molecule has 0 unspecified atom stereocenters. The summed E-state index contributed by atoms with van der Waals surface area (Å²) in [5.74, 6) is -0.209. The molecule has 96 valence electrons. The molecule has 0 aromatic carbocycles. The van der Waals surface area contributed by atoms with Crippen LogP contribution in [0.5, 0.6) is 0 Å². The van der Waals surface area contributed by atoms with E-state index in [1.807, 2.05) is 6.92 Å². The van der Waals surface area contributed by atoms with Crippen molar-refractivity contribution in [3.8, 4) is 0 Å². The van der Waals surface area contributed by atoms with Crippen molar-refractivity contribution in [2.75, 3.05) is 18.5 Å². The van der Waals surface area contributed by atoms with Crippen LogP contribution in [0.2, 0.25) is 5.15 Å². The average Bonchev–Trinajstić information content (AvgIpc) is 2.78. The molecular formula is C10H12ClN5O2. The molecule has 8 heteroatoms. The molecule has 2 aromatic heterocycles. The zero-order valence-corrected chi connectivity index (χ0v) is 10.5. The minimum absolute atomic E-state index is 0.0343. The minimum Gasteiger partial charge on any atom is -0.372 e. The first kappa shape index (κ1) is 12.7. The van der Waals surface area contributed by atoms with E-state index >= 15 is 0 Å². The van der Waals surface area contributed by atoms with Crippen LogP contribution in [0.3, 0.4) is 0 Å². The van der Waals surface area contributed by atoms with Gasteiger partial charge in [0.25, 0.3) is 5.91 Å². The Labute approximate surface area is 108 Å². The Balaban J connectivity index is 2.05. The molecule has 2 N–H and O–H groups in total. The number of aromatic amines is 1. The van der Waals surface area contributed by atoms with E-state index in [0.717, 1.165) is 6.42 Å². The van der Waals surface area contributed by atoms with Crippen molar-refractivity contribution in [2.45, 2.75) is 13.3 Å². The molecule has 0 spiro atoms. The van der Waals surface area contributed by atoms with Crippen LogP contribution in [0, 0.1) is 0 Å². The fourth-order valence-electron chi connectivity index (χ4n) is 1.32. The predicted molar refractivity (Wildman–Crippen MR) is 66.4 cm³/mol. The van der Waals surface area contributed by atoms with Gasteiger partial charge < -0.3 is 9.72 Å². The molecule has 0 saturated heterocycles. The maximum atomic E-state index is 11.5. The summed E-state index contributed by atoms with van der Waals surface area (Å²) in [6.07, 6.45) is 2.32. The predicted octanol–water partition coefficient (Wildman–Crippen LogP) is 1.37. The van der Waals surface area contributed by atoms with E-state index in [9.17, 15) is 4.79 Å². The van der Waals surface area contributed by atoms with Crippen LogP contribution in [0.4, 0.5) is 5.95 Å². The number of fused-ring (bicyclic) bond motifs is 1. The Morgan fingerprint density at radius 2 is 2.39 bits per heavy atom. The summed E-state index contributed by atoms with van der Waals surface area (Å²) < 4.78 is 5.10. The van der Waals surface area contributed by atoms with E-state index < -0.39 is 0 Å². The van der Waals surface area contributed by atoms with Gasteiger partial charge in [0, 0.05) is 6.61 Å². The summed E-state index contributed by atoms with van der Waals surface area (Å²) in [4.78, 5) is 26.2. The number of ether oxygens (including phenoxy) is 1. The van der Waals surface area contributed by atoms with Gasteiger partial charge in [-0.25, -0.2) is 4.98 Å². The molecule has 0 bridgehead atoms. The normalized spacial score (nSPS) is 10.8. The Hall–Kier alpha value is -1.73. The van der Waals surface area contributed by atoms with Gasteiger partial charge in [-0.3, -0.25) is 10.1 Å². The number of carbonyl (C=O) groups is 1. The highest BCUT2D eigenvalue weighted by molar-refractivity contribution is 6.33. The van der Waals surface area contributed by atoms with E-state index in [4.69, 9.17) is 16.3 Å². The number of amides is 1. The molecule has 0 atom stereocenters. The molecule has 1 amide bonds. The van der Waals surface area contributed by atoms with Gasteiger partial charge in [0.1, 0.15) is 12.1 Å². The highest BCUT2D eigenvalue weighted by Crippen LogP contribution is 2.17. The maximum Gasteiger partial charge on any atom is 0.252 e. The SMILES string of the molecule is CCCOCC(=O)Nc1nc(Cl)c2[nH]cnc2n1. The maximum absolute atomic E-state index is 11.5. The topological polar surface area (TPSA) is 92.8 Å². The van der Waals surface area contributed by atoms with Gasteiger partial charge in [-0.05, 0) is 6.42 Å². The quantitative estimate of drug-likeness (QED) is 0.632. The number of carbonyl (C=O) groups excluding carboxylic acids is 1. The molecule has 18 heavy (non-hydrogen) atoms. The lowest BCUT2D eigenvalue weighted by molar-refractivity contribution is -0.120. The largest absolute Gasteiger partial charge is 0.372 e. The average molecular weight is 270 g/mol. The van der Waals surface area contributed by atoms with Crippen LogP contribution >= 0.6 is 11.6 Å². The third-order valence-electron chi connectivity index (χ3n) is 2.07. The molecule has 0 fully saturated rings. The Kier molecular flexibility index (Phi) is 4.06. The van der Waals surface area contributed by atoms with Crippen LogP contribution in [-0.2, 0) is 9.53 Å². The molecule has 2 heterocycles. The Morgan fingerprint density at radius 3 is 3.17 bits per heavy atom. The first-order valence-electron chi connectivity index (χ1n) is 5.45. The third-order valence-corrected chi connectivity index (χ3v) is 2.35. The van der Waals surface area contributed by atoms with Crippen molar-refractivity contribution >= 4 is 34.6 Å². The van der Waals surface area contributed by atoms with E-state index in [-0.39, 0.29) is 23.6 Å². The van der Waals surface area contributed by atoms with Crippen LogP contribution in [0.1, 0.15) is 13.3 Å². The van der Waals surface area contributed by atoms with E-state index in [1.54, 1.807) is 0 Å². The summed E-state index contributed by atoms with van der Waals surface area (Å²) in [5.41, 5.74) is 0.941. The van der Waals surface area contributed by atoms with Gasteiger partial charge in [0.05, 0.1) is 6.33 Å². The van der Waals surface area contributed by atoms with Gasteiger partial charge in [-0.1, -0.05) is 18.5 Å². The van der Waals surface area contributed by atoms with Crippen LogP contribution in [0.25, 0.3) is 11.2 Å². The highest BCUT2D eigenvalue weighted by Gasteiger charge is 2.10. The first-order chi connectivity index (χ1) is 8.70. The standard InChI is InChI=1S/C10H12ClN5O2/c1-2-3-18-4-6(17)14-10-15-8(11)7-9(16-10)13-5-12-7/h5H,2-4H2,1H3,(H2,12,13,14,15,16,17). The zero-order valence-electron chi connectivity index (χ0n) is 9.73. The number of hydrogen-bond acceptors (Lipinski definition) is 5. The number of aromatic nitrogens is 4. The van der Waals surface area contributed by atoms with Gasteiger partial charge in [-0.15, -0.1) is 0 Å². The van der Waals surface area contributed by atoms with Crippen molar-refractivity contribution in [2.24, 2.45) is 0 Å². The number of imidazole rings is 1. The lowest BCUT2D eigenvalue weighted by Gasteiger charge is -2.04. The number of hydrogen-bond donors (Lipinski definition) is 2. The number of halogens is 1. The van der Waals surface area contributed by atoms with Crippen molar-refractivity contribution in [3.05, 3.63) is 11.5 Å². The number of rotatable bonds is 5. The summed E-state index contributed by atoms with van der Waals surface area (Å²) in [6.45, 7) is 2.47. The van der Waals surface area contributed by atoms with Crippen molar-refractivity contribution in [1.82, 2.24) is 19.9 Å². The second-order valence-electron chi connectivity index (χ2n) is 3.54. The summed E-state index contributed by atoms with van der Waals surface area (Å²) in [7, 11) is 0. The third kappa shape index (κ3) is 2.93. The molecule has 0 aliphatic carbocycles. The van der Waals surface area contributed by atoms with Crippen molar-refractivity contribution in [1.29, 1.82) is 0 Å². The second-order valence-corrected chi connectivity index (χ2v) is 3.90. The molecule has 2 rings (SSSR count). The van der Waals surface area contributed by atoms with Crippen molar-refractivity contribution < 1.29 is 9.53 Å². The Morgan fingerprint density at radius 1 is 1.56 bits per heavy atom. The van der Waals surface area contributed by atoms with Gasteiger partial charge in [0.15, 0.2) is 10.8 Å². The first-order valence-corrected chi connectivity index (χ1v) is 5.82. The fourth-order valence-corrected chi connectivity index (χ4v) is 1.54. The van der Waals surface area contributed by atoms with E-state index in [1.165, 1.54) is 6.33 Å². The van der Waals surface area contributed by atoms with E-state index in [2.05, 4.69) is 25.3 Å². The van der Waals surface area contributed by atoms with Crippen LogP contribution in [0.15, 0.2) is 6.33 Å². The van der Waals surface area contributed by atoms with Gasteiger partial charge >= 0.3 is 0 Å². The zero-order chi connectivity index (χ0) is 13.0. The number of anilines is 1. The molecule has 0 radical (unpaired) electrons. The van der Waals surface area contributed by atoms with Crippen molar-refractivity contribution in [3.63, 3.8) is 0 Å². The monoisotopic (exact) mass is 269 g/mol. The molecule has 7 nitrogen and oxygen atoms in total. The lowest BCUT2D eigenvalue weighted by atomic mass is 10.5. The van der Waals surface area contributed by atoms with Gasteiger partial charge in [-0.2, -0.15) is 9.97 Å². The number of H-pyrrole nitrogens is 1. The van der Waals surface area contributed by atoms with E-state index in [0.29, 0.717) is 17.8 Å². The molecule has 0 aliphatic rings. The molecular weight excluding hydrogens is 258 g/mol. The number of nitrogens with zero attached hydrogens (tertiary/aromatic N) is 3. The van der Waals surface area contributed by atoms with Gasteiger partial charge in [0.2, 0.25) is 5.95 Å². The fraction of sp³-hybridized carbons (Fsp3) is 0.400. The minimum atomic E-state index is -0.325. The molecule has 0 aliphatic heterocycles. The summed E-state index contributed by atoms with van der Waals surface area (Å²) in [6, 6.07) is 0. The molecule has 0 saturated carbocycles. The van der Waals surface area contributed by atoms with Crippen LogP contribution < -0.4 is 5.32 Å². The second kappa shape index (κ2) is 5.74. The summed E-state index contributed by atoms with van der Waals surface area (Å²) >= 11 is 5.91. The van der Waals surface area contributed by atoms with Crippen LogP contribution in [-0.4, -0.2) is 39.1 Å². The Bertz CT molecular complexity index is 556. The summed E-state index contributed by atoms with van der Waals surface area (Å²) in [5, 5.41) is 2.71. The highest BCUT2D eigenvalue weighted by atomic mass is 35.5. The number of nitrogens with one attached hydrogen (secondary N) is 2. The lowest BCUT2D eigenvalue weighted by Crippen LogP contribution is -2.20. The molecule has 2 aromatic rings. The smallest absolute Gasteiger partial charge is 0.252 e.